The molecule has 0 saturated carbocycles. The molecule has 18 heavy (non-hydrogen) atoms. The van der Waals surface area contributed by atoms with Gasteiger partial charge >= 0.3 is 5.97 Å². The molecule has 1 rings (SSSR count). The third-order valence-corrected chi connectivity index (χ3v) is 3.58. The van der Waals surface area contributed by atoms with Crippen LogP contribution >= 0.6 is 0 Å². The third-order valence-electron chi connectivity index (χ3n) is 3.58. The summed E-state index contributed by atoms with van der Waals surface area (Å²) in [5, 5.41) is 10.0. The lowest BCUT2D eigenvalue weighted by Crippen LogP contribution is -2.28. The Bertz CT molecular complexity index is 310. The fourth-order valence-electron chi connectivity index (χ4n) is 2.24. The first-order chi connectivity index (χ1) is 8.48. The van der Waals surface area contributed by atoms with E-state index in [2.05, 4.69) is 4.90 Å². The molecule has 0 aromatic rings. The lowest BCUT2D eigenvalue weighted by Gasteiger charge is -2.21. The second kappa shape index (κ2) is 6.90. The molecule has 1 N–H and O–H groups in total. The Morgan fingerprint density at radius 2 is 2.17 bits per heavy atom. The molecule has 0 spiro atoms. The molecule has 4 nitrogen and oxygen atoms in total. The van der Waals surface area contributed by atoms with Gasteiger partial charge in [0.05, 0.1) is 12.7 Å². The van der Waals surface area contributed by atoms with Crippen LogP contribution in [0.15, 0.2) is 11.6 Å². The monoisotopic (exact) mass is 255 g/mol. The lowest BCUT2D eigenvalue weighted by atomic mass is 9.98. The van der Waals surface area contributed by atoms with Gasteiger partial charge in [-0.2, -0.15) is 0 Å². The van der Waals surface area contributed by atoms with E-state index in [1.54, 1.807) is 0 Å². The largest absolute Gasteiger partial charge is 0.466 e. The second-order valence-corrected chi connectivity index (χ2v) is 5.23. The smallest absolute Gasteiger partial charge is 0.333 e. The summed E-state index contributed by atoms with van der Waals surface area (Å²) in [4.78, 5) is 13.7. The van der Waals surface area contributed by atoms with Crippen LogP contribution in [-0.2, 0) is 9.53 Å². The van der Waals surface area contributed by atoms with Gasteiger partial charge in [0.2, 0.25) is 0 Å². The van der Waals surface area contributed by atoms with E-state index < -0.39 is 5.60 Å². The summed E-state index contributed by atoms with van der Waals surface area (Å²) in [5.74, 6) is -0.237. The number of nitrogens with zero attached hydrogens (tertiary/aromatic N) is 1. The fourth-order valence-corrected chi connectivity index (χ4v) is 2.24. The van der Waals surface area contributed by atoms with Crippen LogP contribution in [0.4, 0.5) is 0 Å². The SMILES string of the molecule is CCC(=CCN1CCCC(C)(O)CC1)C(=O)OC. The summed E-state index contributed by atoms with van der Waals surface area (Å²) < 4.78 is 4.74. The number of carbonyl (C=O) groups excluding carboxylic acids is 1. The predicted octanol–water partition coefficient (Wildman–Crippen LogP) is 1.73. The van der Waals surface area contributed by atoms with Gasteiger partial charge in [0.15, 0.2) is 0 Å². The Balaban J connectivity index is 2.52. The van der Waals surface area contributed by atoms with Gasteiger partial charge in [-0.25, -0.2) is 4.79 Å². The van der Waals surface area contributed by atoms with Gasteiger partial charge in [-0.15, -0.1) is 0 Å². The Kier molecular flexibility index (Phi) is 5.82. The molecule has 1 aliphatic heterocycles. The van der Waals surface area contributed by atoms with Crippen molar-refractivity contribution in [3.05, 3.63) is 11.6 Å². The van der Waals surface area contributed by atoms with Crippen molar-refractivity contribution in [2.45, 2.75) is 45.1 Å². The number of likely N-dealkylation sites (tertiary alicyclic amines) is 1. The summed E-state index contributed by atoms with van der Waals surface area (Å²) in [6.45, 7) is 6.47. The van der Waals surface area contributed by atoms with E-state index >= 15 is 0 Å². The molecule has 0 bridgehead atoms. The van der Waals surface area contributed by atoms with Crippen molar-refractivity contribution in [3.8, 4) is 0 Å². The second-order valence-electron chi connectivity index (χ2n) is 5.23. The van der Waals surface area contributed by atoms with Gasteiger partial charge < -0.3 is 9.84 Å². The van der Waals surface area contributed by atoms with Gasteiger partial charge in [0.25, 0.3) is 0 Å². The molecule has 104 valence electrons. The summed E-state index contributed by atoms with van der Waals surface area (Å²) >= 11 is 0. The zero-order valence-electron chi connectivity index (χ0n) is 11.7. The minimum atomic E-state index is -0.533. The number of aliphatic hydroxyl groups is 1. The molecule has 1 aliphatic rings. The molecular weight excluding hydrogens is 230 g/mol. The van der Waals surface area contributed by atoms with Crippen LogP contribution in [-0.4, -0.2) is 48.3 Å². The molecule has 0 amide bonds. The van der Waals surface area contributed by atoms with Crippen molar-refractivity contribution in [2.75, 3.05) is 26.7 Å². The van der Waals surface area contributed by atoms with Crippen LogP contribution < -0.4 is 0 Å². The van der Waals surface area contributed by atoms with Gasteiger partial charge in [0, 0.05) is 18.7 Å². The van der Waals surface area contributed by atoms with Crippen LogP contribution in [0, 0.1) is 0 Å². The number of hydrogen-bond donors (Lipinski definition) is 1. The number of rotatable bonds is 4. The zero-order valence-corrected chi connectivity index (χ0v) is 11.7. The van der Waals surface area contributed by atoms with Crippen molar-refractivity contribution >= 4 is 5.97 Å². The summed E-state index contributed by atoms with van der Waals surface area (Å²) in [6, 6.07) is 0. The topological polar surface area (TPSA) is 49.8 Å². The molecule has 1 saturated heterocycles. The van der Waals surface area contributed by atoms with Crippen LogP contribution in [0.5, 0.6) is 0 Å². The van der Waals surface area contributed by atoms with Gasteiger partial charge in [-0.1, -0.05) is 13.0 Å². The molecule has 1 fully saturated rings. The number of carbonyl (C=O) groups is 1. The Morgan fingerprint density at radius 1 is 1.44 bits per heavy atom. The van der Waals surface area contributed by atoms with Crippen LogP contribution in [0.25, 0.3) is 0 Å². The van der Waals surface area contributed by atoms with Crippen LogP contribution in [0.1, 0.15) is 39.5 Å². The quantitative estimate of drug-likeness (QED) is 0.614. The average Bonchev–Trinajstić information content (AvgIpc) is 2.51. The third kappa shape index (κ3) is 4.78. The first-order valence-electron chi connectivity index (χ1n) is 6.70. The maximum absolute atomic E-state index is 11.4. The van der Waals surface area contributed by atoms with Gasteiger partial charge in [-0.3, -0.25) is 4.90 Å². The van der Waals surface area contributed by atoms with Gasteiger partial charge in [-0.05, 0) is 39.2 Å². The maximum atomic E-state index is 11.4. The molecule has 0 aliphatic carbocycles. The highest BCUT2D eigenvalue weighted by Gasteiger charge is 2.24. The van der Waals surface area contributed by atoms with Crippen molar-refractivity contribution in [2.24, 2.45) is 0 Å². The van der Waals surface area contributed by atoms with Crippen LogP contribution in [0.2, 0.25) is 0 Å². The highest BCUT2D eigenvalue weighted by atomic mass is 16.5. The normalized spacial score (nSPS) is 26.8. The number of hydrogen-bond acceptors (Lipinski definition) is 4. The highest BCUT2D eigenvalue weighted by Crippen LogP contribution is 2.21. The van der Waals surface area contributed by atoms with E-state index in [0.29, 0.717) is 6.42 Å². The molecule has 4 heteroatoms. The first kappa shape index (κ1) is 15.2. The molecular formula is C14H25NO3. The van der Waals surface area contributed by atoms with Crippen molar-refractivity contribution in [1.29, 1.82) is 0 Å². The van der Waals surface area contributed by atoms with E-state index in [4.69, 9.17) is 4.74 Å². The fraction of sp³-hybridized carbons (Fsp3) is 0.786. The number of methoxy groups -OCH3 is 1. The summed E-state index contributed by atoms with van der Waals surface area (Å²) in [6.07, 6.45) is 5.29. The molecule has 0 aromatic carbocycles. The minimum absolute atomic E-state index is 0.237. The maximum Gasteiger partial charge on any atom is 0.333 e. The molecule has 0 radical (unpaired) electrons. The standard InChI is InChI=1S/C14H25NO3/c1-4-12(13(16)18-3)6-10-15-9-5-7-14(2,17)8-11-15/h6,17H,4-5,7-11H2,1-3H3. The first-order valence-corrected chi connectivity index (χ1v) is 6.70. The van der Waals surface area contributed by atoms with E-state index in [9.17, 15) is 9.90 Å². The minimum Gasteiger partial charge on any atom is -0.466 e. The molecule has 0 aromatic heterocycles. The van der Waals surface area contributed by atoms with Crippen molar-refractivity contribution in [1.82, 2.24) is 4.90 Å². The lowest BCUT2D eigenvalue weighted by molar-refractivity contribution is -0.136. The highest BCUT2D eigenvalue weighted by molar-refractivity contribution is 5.88. The van der Waals surface area contributed by atoms with Crippen molar-refractivity contribution < 1.29 is 14.6 Å². The molecule has 1 heterocycles. The van der Waals surface area contributed by atoms with Crippen molar-refractivity contribution in [3.63, 3.8) is 0 Å². The Labute approximate surface area is 110 Å². The van der Waals surface area contributed by atoms with E-state index in [-0.39, 0.29) is 5.97 Å². The number of ether oxygens (including phenoxy) is 1. The summed E-state index contributed by atoms with van der Waals surface area (Å²) in [5.41, 5.74) is 0.197. The predicted molar refractivity (Wildman–Crippen MR) is 71.3 cm³/mol. The Morgan fingerprint density at radius 3 is 2.78 bits per heavy atom. The molecule has 1 atom stereocenters. The zero-order chi connectivity index (χ0) is 13.6. The van der Waals surface area contributed by atoms with Crippen LogP contribution in [0.3, 0.4) is 0 Å². The Hall–Kier alpha value is -0.870. The average molecular weight is 255 g/mol. The van der Waals surface area contributed by atoms with E-state index in [1.807, 2.05) is 19.9 Å². The molecule has 1 unspecified atom stereocenters. The van der Waals surface area contributed by atoms with E-state index in [0.717, 1.165) is 44.5 Å². The number of esters is 1. The van der Waals surface area contributed by atoms with E-state index in [1.165, 1.54) is 7.11 Å². The summed E-state index contributed by atoms with van der Waals surface area (Å²) in [7, 11) is 1.41. The van der Waals surface area contributed by atoms with Gasteiger partial charge in [0.1, 0.15) is 0 Å².